The van der Waals surface area contributed by atoms with Crippen LogP contribution in [0.3, 0.4) is 0 Å². The number of hydrogen-bond acceptors (Lipinski definition) is 8. The topological polar surface area (TPSA) is 118 Å². The van der Waals surface area contributed by atoms with Gasteiger partial charge < -0.3 is 20.3 Å². The van der Waals surface area contributed by atoms with Gasteiger partial charge in [0.05, 0.1) is 37.6 Å². The Labute approximate surface area is 177 Å². The van der Waals surface area contributed by atoms with Crippen LogP contribution in [-0.4, -0.2) is 61.5 Å². The Morgan fingerprint density at radius 1 is 1.19 bits per heavy atom. The van der Waals surface area contributed by atoms with Crippen LogP contribution in [0.1, 0.15) is 5.56 Å². The van der Waals surface area contributed by atoms with Crippen LogP contribution < -0.4 is 10.1 Å². The van der Waals surface area contributed by atoms with Crippen LogP contribution in [0, 0.1) is 5.82 Å². The molecule has 3 N–H and O–H groups in total. The van der Waals surface area contributed by atoms with Gasteiger partial charge in [0.2, 0.25) is 5.95 Å². The Kier molecular flexibility index (Phi) is 6.01. The third-order valence-electron chi connectivity index (χ3n) is 4.72. The minimum absolute atomic E-state index is 0.138. The lowest BCUT2D eigenvalue weighted by molar-refractivity contribution is 0.105. The Morgan fingerprint density at radius 2 is 2.06 bits per heavy atom. The van der Waals surface area contributed by atoms with Gasteiger partial charge in [-0.3, -0.25) is 0 Å². The fourth-order valence-corrected chi connectivity index (χ4v) is 3.11. The number of rotatable bonds is 8. The van der Waals surface area contributed by atoms with Gasteiger partial charge in [-0.25, -0.2) is 19.0 Å². The second-order valence-corrected chi connectivity index (χ2v) is 6.90. The summed E-state index contributed by atoms with van der Waals surface area (Å²) in [5.74, 6) is 0.114. The van der Waals surface area contributed by atoms with Crippen molar-refractivity contribution in [1.29, 1.82) is 0 Å². The molecular weight excluding hydrogens is 403 g/mol. The van der Waals surface area contributed by atoms with Gasteiger partial charge in [0.25, 0.3) is 0 Å². The van der Waals surface area contributed by atoms with E-state index in [1.54, 1.807) is 29.1 Å². The van der Waals surface area contributed by atoms with Crippen LogP contribution in [0.2, 0.25) is 0 Å². The average Bonchev–Trinajstić information content (AvgIpc) is 3.19. The lowest BCUT2D eigenvalue weighted by atomic mass is 10.1. The van der Waals surface area contributed by atoms with Crippen LogP contribution in [-0.2, 0) is 6.54 Å². The maximum Gasteiger partial charge on any atom is 0.223 e. The Balaban J connectivity index is 1.56. The van der Waals surface area contributed by atoms with Crippen molar-refractivity contribution in [3.63, 3.8) is 0 Å². The third kappa shape index (κ3) is 4.60. The van der Waals surface area contributed by atoms with Gasteiger partial charge in [-0.1, -0.05) is 17.3 Å². The van der Waals surface area contributed by atoms with Gasteiger partial charge in [-0.05, 0) is 35.9 Å². The zero-order valence-electron chi connectivity index (χ0n) is 16.7. The molecule has 1 atom stereocenters. The molecule has 0 fully saturated rings. The number of halogens is 1. The van der Waals surface area contributed by atoms with E-state index in [0.29, 0.717) is 23.7 Å². The van der Waals surface area contributed by atoms with E-state index in [2.05, 4.69) is 25.6 Å². The van der Waals surface area contributed by atoms with Crippen molar-refractivity contribution < 1.29 is 19.3 Å². The number of aliphatic hydroxyl groups excluding tert-OH is 2. The van der Waals surface area contributed by atoms with Crippen molar-refractivity contribution in [2.24, 2.45) is 0 Å². The normalized spacial score (nSPS) is 12.1. The van der Waals surface area contributed by atoms with Crippen molar-refractivity contribution in [1.82, 2.24) is 25.0 Å². The molecule has 31 heavy (non-hydrogen) atoms. The Bertz CT molecular complexity index is 1200. The van der Waals surface area contributed by atoms with Gasteiger partial charge in [0.1, 0.15) is 5.52 Å². The van der Waals surface area contributed by atoms with E-state index in [-0.39, 0.29) is 18.9 Å². The standard InChI is InChI=1S/C21H21FN6O3/c1-31-20-5-2-13(8-16(20)22)11-28-19-4-3-14(9-18(19)26-27-28)17-6-7-23-21(25-17)24-10-15(30)12-29/h2-9,15,29-30H,10-12H2,1H3,(H,23,24,25). The van der Waals surface area contributed by atoms with E-state index in [1.165, 1.54) is 13.2 Å². The van der Waals surface area contributed by atoms with E-state index in [1.807, 2.05) is 18.2 Å². The van der Waals surface area contributed by atoms with Gasteiger partial charge in [0, 0.05) is 18.3 Å². The first-order valence-electron chi connectivity index (χ1n) is 9.59. The third-order valence-corrected chi connectivity index (χ3v) is 4.72. The molecule has 0 aliphatic heterocycles. The van der Waals surface area contributed by atoms with Crippen LogP contribution in [0.25, 0.3) is 22.3 Å². The average molecular weight is 424 g/mol. The first kappa shape index (κ1) is 20.6. The van der Waals surface area contributed by atoms with Crippen LogP contribution in [0.5, 0.6) is 5.75 Å². The minimum Gasteiger partial charge on any atom is -0.494 e. The second-order valence-electron chi connectivity index (χ2n) is 6.90. The van der Waals surface area contributed by atoms with E-state index in [0.717, 1.165) is 16.6 Å². The lowest BCUT2D eigenvalue weighted by Crippen LogP contribution is -2.23. The quantitative estimate of drug-likeness (QED) is 0.392. The first-order valence-corrected chi connectivity index (χ1v) is 9.59. The highest BCUT2D eigenvalue weighted by Gasteiger charge is 2.11. The summed E-state index contributed by atoms with van der Waals surface area (Å²) >= 11 is 0. The molecule has 0 aliphatic carbocycles. The molecule has 0 saturated heterocycles. The van der Waals surface area contributed by atoms with E-state index >= 15 is 0 Å². The van der Waals surface area contributed by atoms with Crippen molar-refractivity contribution in [3.05, 3.63) is 60.0 Å². The van der Waals surface area contributed by atoms with E-state index in [4.69, 9.17) is 9.84 Å². The summed E-state index contributed by atoms with van der Waals surface area (Å²) in [5.41, 5.74) is 3.72. The Morgan fingerprint density at radius 3 is 2.84 bits per heavy atom. The number of aliphatic hydroxyl groups is 2. The summed E-state index contributed by atoms with van der Waals surface area (Å²) in [4.78, 5) is 8.55. The number of fused-ring (bicyclic) bond motifs is 1. The summed E-state index contributed by atoms with van der Waals surface area (Å²) in [5, 5.41) is 29.7. The highest BCUT2D eigenvalue weighted by Crippen LogP contribution is 2.24. The van der Waals surface area contributed by atoms with Crippen molar-refractivity contribution in [2.45, 2.75) is 12.6 Å². The van der Waals surface area contributed by atoms with Gasteiger partial charge >= 0.3 is 0 Å². The molecule has 9 nitrogen and oxygen atoms in total. The number of benzene rings is 2. The molecule has 4 rings (SSSR count). The predicted molar refractivity (Wildman–Crippen MR) is 112 cm³/mol. The number of aromatic nitrogens is 5. The molecule has 0 aliphatic rings. The van der Waals surface area contributed by atoms with Gasteiger partial charge in [-0.15, -0.1) is 5.10 Å². The second kappa shape index (κ2) is 9.02. The highest BCUT2D eigenvalue weighted by atomic mass is 19.1. The molecule has 1 unspecified atom stereocenters. The maximum atomic E-state index is 14.0. The first-order chi connectivity index (χ1) is 15.1. The molecule has 2 aromatic carbocycles. The fraction of sp³-hybridized carbons (Fsp3) is 0.238. The fourth-order valence-electron chi connectivity index (χ4n) is 3.11. The molecule has 160 valence electrons. The van der Waals surface area contributed by atoms with Crippen molar-refractivity contribution >= 4 is 17.0 Å². The van der Waals surface area contributed by atoms with E-state index in [9.17, 15) is 9.50 Å². The van der Waals surface area contributed by atoms with Crippen LogP contribution >= 0.6 is 0 Å². The zero-order valence-corrected chi connectivity index (χ0v) is 16.7. The number of ether oxygens (including phenoxy) is 1. The number of methoxy groups -OCH3 is 1. The molecule has 0 bridgehead atoms. The molecule has 2 aromatic heterocycles. The monoisotopic (exact) mass is 424 g/mol. The highest BCUT2D eigenvalue weighted by molar-refractivity contribution is 5.80. The van der Waals surface area contributed by atoms with Gasteiger partial charge in [-0.2, -0.15) is 0 Å². The molecule has 0 amide bonds. The Hall–Kier alpha value is -3.63. The summed E-state index contributed by atoms with van der Waals surface area (Å²) in [6.45, 7) is 0.160. The molecular formula is C21H21FN6O3. The molecule has 0 spiro atoms. The maximum absolute atomic E-state index is 14.0. The lowest BCUT2D eigenvalue weighted by Gasteiger charge is -2.09. The van der Waals surface area contributed by atoms with Crippen molar-refractivity contribution in [3.8, 4) is 17.0 Å². The smallest absolute Gasteiger partial charge is 0.223 e. The van der Waals surface area contributed by atoms with Crippen molar-refractivity contribution in [2.75, 3.05) is 25.6 Å². The molecule has 0 radical (unpaired) electrons. The summed E-state index contributed by atoms with van der Waals surface area (Å²) in [6, 6.07) is 12.2. The summed E-state index contributed by atoms with van der Waals surface area (Å²) in [7, 11) is 1.43. The molecule has 10 heteroatoms. The minimum atomic E-state index is -0.891. The number of hydrogen-bond donors (Lipinski definition) is 3. The van der Waals surface area contributed by atoms with E-state index < -0.39 is 11.9 Å². The SMILES string of the molecule is COc1ccc(Cn2nnc3cc(-c4ccnc(NCC(O)CO)n4)ccc32)cc1F. The van der Waals surface area contributed by atoms with Gasteiger partial charge in [0.15, 0.2) is 11.6 Å². The largest absolute Gasteiger partial charge is 0.494 e. The number of nitrogens with zero attached hydrogens (tertiary/aromatic N) is 5. The number of nitrogens with one attached hydrogen (secondary N) is 1. The summed E-state index contributed by atoms with van der Waals surface area (Å²) < 4.78 is 20.6. The van der Waals surface area contributed by atoms with Crippen LogP contribution in [0.15, 0.2) is 48.7 Å². The summed E-state index contributed by atoms with van der Waals surface area (Å²) in [6.07, 6.45) is 0.716. The molecule has 4 aromatic rings. The predicted octanol–water partition coefficient (Wildman–Crippen LogP) is 1.85. The molecule has 0 saturated carbocycles. The van der Waals surface area contributed by atoms with Crippen LogP contribution in [0.4, 0.5) is 10.3 Å². The zero-order chi connectivity index (χ0) is 21.8. The number of anilines is 1. The molecule has 2 heterocycles.